The zero-order chi connectivity index (χ0) is 20.9. The van der Waals surface area contributed by atoms with Gasteiger partial charge in [-0.15, -0.1) is 10.2 Å². The molecule has 1 aliphatic heterocycles. The van der Waals surface area contributed by atoms with Crippen molar-refractivity contribution >= 4 is 17.7 Å². The van der Waals surface area contributed by atoms with Crippen LogP contribution in [0.15, 0.2) is 59.8 Å². The first-order chi connectivity index (χ1) is 14.7. The number of hydrogen-bond donors (Lipinski definition) is 2. The number of fused-ring (bicyclic) bond motifs is 1. The number of carbonyl (C=O) groups excluding carboxylic acids is 1. The predicted octanol–water partition coefficient (Wildman–Crippen LogP) is 3.63. The Hall–Kier alpha value is -3.00. The molecule has 2 N–H and O–H groups in total. The number of unbranched alkanes of at least 4 members (excludes halogenated alkanes) is 1. The molecule has 0 fully saturated rings. The normalized spacial score (nSPS) is 17.7. The lowest BCUT2D eigenvalue weighted by Gasteiger charge is -2.33. The van der Waals surface area contributed by atoms with Gasteiger partial charge < -0.3 is 15.5 Å². The molecule has 0 bridgehead atoms. The van der Waals surface area contributed by atoms with Crippen LogP contribution in [0.2, 0.25) is 0 Å². The molecule has 3 aromatic rings. The van der Waals surface area contributed by atoms with Gasteiger partial charge in [-0.2, -0.15) is 0 Å². The van der Waals surface area contributed by atoms with Gasteiger partial charge in [0.25, 0.3) is 0 Å². The van der Waals surface area contributed by atoms with Gasteiger partial charge in [0, 0.05) is 12.1 Å². The van der Waals surface area contributed by atoms with Crippen LogP contribution in [0.1, 0.15) is 31.4 Å². The average molecular weight is 424 g/mol. The zero-order valence-corrected chi connectivity index (χ0v) is 17.9. The number of rotatable bonds is 7. The molecule has 2 atom stereocenters. The van der Waals surface area contributed by atoms with Crippen LogP contribution in [0, 0.1) is 0 Å². The van der Waals surface area contributed by atoms with Crippen molar-refractivity contribution in [3.63, 3.8) is 0 Å². The number of benzene rings is 2. The zero-order valence-electron chi connectivity index (χ0n) is 17.0. The van der Waals surface area contributed by atoms with E-state index in [0.29, 0.717) is 11.7 Å². The van der Waals surface area contributed by atoms with Gasteiger partial charge in [0.2, 0.25) is 11.1 Å². The number of amides is 1. The highest BCUT2D eigenvalue weighted by Crippen LogP contribution is 2.38. The Bertz CT molecular complexity index is 991. The minimum Gasteiger partial charge on any atom is -0.497 e. The van der Waals surface area contributed by atoms with Crippen molar-refractivity contribution in [2.24, 2.45) is 0 Å². The monoisotopic (exact) mass is 423 g/mol. The molecule has 0 radical (unpaired) electrons. The molecule has 156 valence electrons. The van der Waals surface area contributed by atoms with Crippen LogP contribution < -0.4 is 15.5 Å². The van der Waals surface area contributed by atoms with Gasteiger partial charge in [0.1, 0.15) is 11.0 Å². The fraction of sp³-hybridized carbons (Fsp3) is 0.318. The number of aromatic nitrogens is 3. The Morgan fingerprint density at radius 3 is 2.63 bits per heavy atom. The van der Waals surface area contributed by atoms with Crippen LogP contribution in [0.4, 0.5) is 0 Å². The number of thioether (sulfide) groups is 1. The highest BCUT2D eigenvalue weighted by atomic mass is 32.2. The molecule has 0 unspecified atom stereocenters. The van der Waals surface area contributed by atoms with Crippen LogP contribution >= 0.6 is 11.8 Å². The van der Waals surface area contributed by atoms with Crippen molar-refractivity contribution in [3.8, 4) is 17.1 Å². The van der Waals surface area contributed by atoms with Gasteiger partial charge >= 0.3 is 0 Å². The minimum atomic E-state index is -0.365. The third kappa shape index (κ3) is 4.14. The fourth-order valence-corrected chi connectivity index (χ4v) is 4.48. The van der Waals surface area contributed by atoms with E-state index in [1.165, 1.54) is 11.8 Å². The van der Waals surface area contributed by atoms with Crippen molar-refractivity contribution in [2.45, 2.75) is 36.2 Å². The van der Waals surface area contributed by atoms with Crippen LogP contribution in [-0.2, 0) is 4.79 Å². The molecule has 7 nitrogen and oxygen atoms in total. The molecule has 0 spiro atoms. The summed E-state index contributed by atoms with van der Waals surface area (Å²) in [7, 11) is 1.64. The third-order valence-electron chi connectivity index (χ3n) is 5.03. The summed E-state index contributed by atoms with van der Waals surface area (Å²) in [5.41, 5.74) is 5.45. The first kappa shape index (κ1) is 20.3. The Morgan fingerprint density at radius 1 is 1.17 bits per heavy atom. The number of carbonyl (C=O) groups is 1. The fourth-order valence-electron chi connectivity index (χ4n) is 3.38. The number of methoxy groups -OCH3 is 1. The Labute approximate surface area is 180 Å². The number of ether oxygens (including phenoxy) is 1. The van der Waals surface area contributed by atoms with Gasteiger partial charge in [0.05, 0.1) is 13.2 Å². The van der Waals surface area contributed by atoms with E-state index in [1.807, 2.05) is 59.3 Å². The summed E-state index contributed by atoms with van der Waals surface area (Å²) >= 11 is 1.44. The Kier molecular flexibility index (Phi) is 6.23. The highest BCUT2D eigenvalue weighted by Gasteiger charge is 2.37. The molecule has 0 saturated carbocycles. The predicted molar refractivity (Wildman–Crippen MR) is 118 cm³/mol. The molecule has 2 aromatic carbocycles. The second kappa shape index (κ2) is 9.21. The van der Waals surface area contributed by atoms with Crippen LogP contribution in [0.3, 0.4) is 0 Å². The second-order valence-electron chi connectivity index (χ2n) is 7.07. The van der Waals surface area contributed by atoms with Crippen molar-refractivity contribution in [1.82, 2.24) is 20.2 Å². The van der Waals surface area contributed by atoms with E-state index in [0.717, 1.165) is 35.5 Å². The summed E-state index contributed by atoms with van der Waals surface area (Å²) in [6.07, 6.45) is 1.99. The molecule has 1 aliphatic rings. The Balaban J connectivity index is 1.67. The van der Waals surface area contributed by atoms with Gasteiger partial charge in [-0.05, 0) is 24.1 Å². The molecule has 30 heavy (non-hydrogen) atoms. The molecule has 0 aliphatic carbocycles. The minimum absolute atomic E-state index is 0.00252. The molecule has 1 amide bonds. The molecule has 1 aromatic heterocycles. The lowest BCUT2D eigenvalue weighted by atomic mass is 10.0. The Morgan fingerprint density at radius 2 is 1.93 bits per heavy atom. The topological polar surface area (TPSA) is 81.1 Å². The molecular weight excluding hydrogens is 398 g/mol. The molecule has 2 heterocycles. The second-order valence-corrected chi connectivity index (χ2v) is 8.18. The first-order valence-electron chi connectivity index (χ1n) is 10.1. The maximum Gasteiger partial charge on any atom is 0.236 e. The van der Waals surface area contributed by atoms with Gasteiger partial charge in [-0.3, -0.25) is 4.79 Å². The van der Waals surface area contributed by atoms with Crippen molar-refractivity contribution in [3.05, 3.63) is 60.2 Å². The van der Waals surface area contributed by atoms with E-state index in [-0.39, 0.29) is 17.2 Å². The highest BCUT2D eigenvalue weighted by molar-refractivity contribution is 8.00. The van der Waals surface area contributed by atoms with E-state index in [1.54, 1.807) is 7.11 Å². The molecule has 0 saturated heterocycles. The average Bonchev–Trinajstić information content (AvgIpc) is 3.22. The maximum atomic E-state index is 13.0. The van der Waals surface area contributed by atoms with E-state index < -0.39 is 0 Å². The van der Waals surface area contributed by atoms with Gasteiger partial charge in [0.15, 0.2) is 5.82 Å². The van der Waals surface area contributed by atoms with Crippen molar-refractivity contribution in [1.29, 1.82) is 0 Å². The van der Waals surface area contributed by atoms with Crippen molar-refractivity contribution in [2.75, 3.05) is 19.1 Å². The van der Waals surface area contributed by atoms with E-state index >= 15 is 0 Å². The SMILES string of the molecule is CCCCNC(=O)[C@@H]1Sc2nnc(-c3ccccc3)n2N[C@H]1c1ccc(OC)cc1. The molecule has 8 heteroatoms. The number of nitrogens with zero attached hydrogens (tertiary/aromatic N) is 3. The van der Waals surface area contributed by atoms with Gasteiger partial charge in [-0.25, -0.2) is 4.68 Å². The summed E-state index contributed by atoms with van der Waals surface area (Å²) in [6.45, 7) is 2.78. The van der Waals surface area contributed by atoms with Crippen LogP contribution in [-0.4, -0.2) is 39.7 Å². The summed E-state index contributed by atoms with van der Waals surface area (Å²) in [6, 6.07) is 17.5. The lowest BCUT2D eigenvalue weighted by Crippen LogP contribution is -2.44. The van der Waals surface area contributed by atoms with Crippen molar-refractivity contribution < 1.29 is 9.53 Å². The first-order valence-corrected chi connectivity index (χ1v) is 10.9. The van der Waals surface area contributed by atoms with E-state index in [2.05, 4.69) is 27.9 Å². The van der Waals surface area contributed by atoms with E-state index in [4.69, 9.17) is 4.74 Å². The lowest BCUT2D eigenvalue weighted by molar-refractivity contribution is -0.120. The standard InChI is InChI=1S/C22H25N5O2S/c1-3-4-14-23-21(28)19-18(15-10-12-17(29-2)13-11-15)26-27-20(24-25-22(27)30-19)16-8-6-5-7-9-16/h5-13,18-19,26H,3-4,14H2,1-2H3,(H,23,28)/t18-,19+/m0/s1. The maximum absolute atomic E-state index is 13.0. The van der Waals surface area contributed by atoms with Crippen LogP contribution in [0.5, 0.6) is 5.75 Å². The van der Waals surface area contributed by atoms with Crippen LogP contribution in [0.25, 0.3) is 11.4 Å². The summed E-state index contributed by atoms with van der Waals surface area (Å²) in [4.78, 5) is 13.0. The number of nitrogens with one attached hydrogen (secondary N) is 2. The molecule has 4 rings (SSSR count). The summed E-state index contributed by atoms with van der Waals surface area (Å²) in [5.74, 6) is 1.50. The third-order valence-corrected chi connectivity index (χ3v) is 6.25. The quantitative estimate of drug-likeness (QED) is 0.565. The summed E-state index contributed by atoms with van der Waals surface area (Å²) in [5, 5.41) is 12.1. The smallest absolute Gasteiger partial charge is 0.236 e. The van der Waals surface area contributed by atoms with Gasteiger partial charge in [-0.1, -0.05) is 67.6 Å². The number of hydrogen-bond acceptors (Lipinski definition) is 6. The molecular formula is C22H25N5O2S. The largest absolute Gasteiger partial charge is 0.497 e. The van der Waals surface area contributed by atoms with E-state index in [9.17, 15) is 4.79 Å². The summed E-state index contributed by atoms with van der Waals surface area (Å²) < 4.78 is 7.17.